The molecular formula is C17H17BrN4OS. The molecule has 1 aromatic carbocycles. The van der Waals surface area contributed by atoms with Gasteiger partial charge in [-0.05, 0) is 45.9 Å². The lowest BCUT2D eigenvalue weighted by molar-refractivity contribution is 0.0771. The third-order valence-corrected chi connectivity index (χ3v) is 6.10. The summed E-state index contributed by atoms with van der Waals surface area (Å²) >= 11 is 4.95. The van der Waals surface area contributed by atoms with Crippen molar-refractivity contribution in [2.24, 2.45) is 0 Å². The number of hydrogen-bond acceptors (Lipinski definition) is 4. The van der Waals surface area contributed by atoms with Crippen molar-refractivity contribution in [3.8, 4) is 0 Å². The molecule has 1 N–H and O–H groups in total. The van der Waals surface area contributed by atoms with Crippen molar-refractivity contribution in [3.05, 3.63) is 45.1 Å². The van der Waals surface area contributed by atoms with Gasteiger partial charge in [0, 0.05) is 30.7 Å². The number of carbonyl (C=O) groups excluding carboxylic acids is 1. The van der Waals surface area contributed by atoms with Crippen LogP contribution in [0.1, 0.15) is 16.1 Å². The number of para-hydroxylation sites is 2. The Kier molecular flexibility index (Phi) is 4.28. The molecule has 0 unspecified atom stereocenters. The van der Waals surface area contributed by atoms with E-state index in [-0.39, 0.29) is 5.91 Å². The second-order valence-electron chi connectivity index (χ2n) is 5.81. The molecule has 0 atom stereocenters. The molecule has 3 heterocycles. The van der Waals surface area contributed by atoms with Gasteiger partial charge in [-0.15, -0.1) is 11.3 Å². The number of fused-ring (bicyclic) bond motifs is 1. The molecule has 0 radical (unpaired) electrons. The number of thiophene rings is 1. The second kappa shape index (κ2) is 6.57. The van der Waals surface area contributed by atoms with E-state index in [0.717, 1.165) is 52.4 Å². The van der Waals surface area contributed by atoms with Crippen LogP contribution < -0.4 is 4.90 Å². The van der Waals surface area contributed by atoms with Crippen molar-refractivity contribution in [2.45, 2.75) is 6.42 Å². The number of nitrogens with zero attached hydrogens (tertiary/aromatic N) is 3. The van der Waals surface area contributed by atoms with Crippen LogP contribution in [0.25, 0.3) is 11.0 Å². The first kappa shape index (κ1) is 15.7. The Labute approximate surface area is 152 Å². The summed E-state index contributed by atoms with van der Waals surface area (Å²) in [6, 6.07) is 9.97. The highest BCUT2D eigenvalue weighted by Crippen LogP contribution is 2.25. The quantitative estimate of drug-likeness (QED) is 0.707. The summed E-state index contributed by atoms with van der Waals surface area (Å²) in [5.74, 6) is 1.01. The first-order valence-electron chi connectivity index (χ1n) is 7.94. The predicted octanol–water partition coefficient (Wildman–Crippen LogP) is 3.74. The average Bonchev–Trinajstić information content (AvgIpc) is 3.13. The molecule has 1 amide bonds. The first-order valence-corrected chi connectivity index (χ1v) is 9.61. The highest BCUT2D eigenvalue weighted by Gasteiger charge is 2.23. The van der Waals surface area contributed by atoms with Crippen molar-refractivity contribution >= 4 is 50.2 Å². The van der Waals surface area contributed by atoms with Crippen molar-refractivity contribution in [3.63, 3.8) is 0 Å². The molecule has 0 bridgehead atoms. The third kappa shape index (κ3) is 2.93. The van der Waals surface area contributed by atoms with Gasteiger partial charge in [-0.25, -0.2) is 4.98 Å². The fraction of sp³-hybridized carbons (Fsp3) is 0.294. The molecule has 0 aliphatic carbocycles. The molecule has 5 nitrogen and oxygen atoms in total. The number of rotatable bonds is 2. The van der Waals surface area contributed by atoms with E-state index in [0.29, 0.717) is 6.54 Å². The minimum Gasteiger partial charge on any atom is -0.341 e. The van der Waals surface area contributed by atoms with Crippen LogP contribution in [0.2, 0.25) is 0 Å². The van der Waals surface area contributed by atoms with Crippen LogP contribution in [-0.2, 0) is 0 Å². The molecule has 2 aromatic heterocycles. The summed E-state index contributed by atoms with van der Waals surface area (Å²) in [6.45, 7) is 3.17. The lowest BCUT2D eigenvalue weighted by atomic mass is 10.3. The average molecular weight is 405 g/mol. The smallest absolute Gasteiger partial charge is 0.265 e. The fourth-order valence-corrected chi connectivity index (χ4v) is 4.52. The van der Waals surface area contributed by atoms with Crippen LogP contribution in [0.3, 0.4) is 0 Å². The molecule has 1 saturated heterocycles. The highest BCUT2D eigenvalue weighted by molar-refractivity contribution is 9.10. The van der Waals surface area contributed by atoms with Gasteiger partial charge in [0.2, 0.25) is 5.95 Å². The first-order chi connectivity index (χ1) is 11.7. The molecule has 7 heteroatoms. The van der Waals surface area contributed by atoms with Gasteiger partial charge in [-0.2, -0.15) is 0 Å². The number of benzene rings is 1. The Balaban J connectivity index is 1.50. The number of hydrogen-bond donors (Lipinski definition) is 1. The van der Waals surface area contributed by atoms with E-state index in [9.17, 15) is 4.79 Å². The van der Waals surface area contributed by atoms with Crippen molar-refractivity contribution < 1.29 is 4.79 Å². The van der Waals surface area contributed by atoms with E-state index in [1.807, 2.05) is 40.6 Å². The lowest BCUT2D eigenvalue weighted by Gasteiger charge is -2.21. The molecule has 1 fully saturated rings. The van der Waals surface area contributed by atoms with Gasteiger partial charge >= 0.3 is 0 Å². The normalized spacial score (nSPS) is 15.7. The molecule has 1 aliphatic heterocycles. The highest BCUT2D eigenvalue weighted by atomic mass is 79.9. The molecule has 3 aromatic rings. The molecule has 0 saturated carbocycles. The monoisotopic (exact) mass is 404 g/mol. The van der Waals surface area contributed by atoms with Crippen LogP contribution in [0.15, 0.2) is 40.2 Å². The van der Waals surface area contributed by atoms with E-state index < -0.39 is 0 Å². The molecule has 1 aliphatic rings. The number of aromatic nitrogens is 2. The van der Waals surface area contributed by atoms with E-state index in [2.05, 4.69) is 30.8 Å². The third-order valence-electron chi connectivity index (χ3n) is 4.27. The zero-order valence-corrected chi connectivity index (χ0v) is 15.4. The maximum Gasteiger partial charge on any atom is 0.265 e. The van der Waals surface area contributed by atoms with E-state index in [4.69, 9.17) is 0 Å². The molecule has 4 rings (SSSR count). The number of halogens is 1. The number of H-pyrrole nitrogens is 1. The topological polar surface area (TPSA) is 52.2 Å². The maximum absolute atomic E-state index is 12.7. The summed E-state index contributed by atoms with van der Waals surface area (Å²) in [4.78, 5) is 25.7. The van der Waals surface area contributed by atoms with E-state index in [1.165, 1.54) is 11.3 Å². The minimum absolute atomic E-state index is 0.114. The summed E-state index contributed by atoms with van der Waals surface area (Å²) in [7, 11) is 0. The summed E-state index contributed by atoms with van der Waals surface area (Å²) in [6.07, 6.45) is 0.936. The Morgan fingerprint density at radius 2 is 2.04 bits per heavy atom. The van der Waals surface area contributed by atoms with Gasteiger partial charge in [-0.1, -0.05) is 12.1 Å². The van der Waals surface area contributed by atoms with Crippen LogP contribution in [0.4, 0.5) is 5.95 Å². The minimum atomic E-state index is 0.114. The zero-order valence-electron chi connectivity index (χ0n) is 13.0. The Bertz CT molecular complexity index is 841. The van der Waals surface area contributed by atoms with Gasteiger partial charge < -0.3 is 14.8 Å². The van der Waals surface area contributed by atoms with E-state index in [1.54, 1.807) is 0 Å². The Hall–Kier alpha value is -1.86. The summed E-state index contributed by atoms with van der Waals surface area (Å²) in [5, 5.41) is 1.94. The van der Waals surface area contributed by atoms with Crippen LogP contribution in [-0.4, -0.2) is 47.0 Å². The number of carbonyl (C=O) groups is 1. The number of aromatic amines is 1. The van der Waals surface area contributed by atoms with Gasteiger partial charge in [0.05, 0.1) is 11.0 Å². The standard InChI is InChI=1S/C17H17BrN4OS/c18-12-6-11-24-15(12)16(23)21-7-3-8-22(10-9-21)17-19-13-4-1-2-5-14(13)20-17/h1-2,4-6,11H,3,7-10H2,(H,19,20). The maximum atomic E-state index is 12.7. The van der Waals surface area contributed by atoms with Gasteiger partial charge in [0.25, 0.3) is 5.91 Å². The SMILES string of the molecule is O=C(c1sccc1Br)N1CCCN(c2nc3ccccc3[nH]2)CC1. The number of anilines is 1. The van der Waals surface area contributed by atoms with Crippen molar-refractivity contribution in [2.75, 3.05) is 31.1 Å². The lowest BCUT2D eigenvalue weighted by Crippen LogP contribution is -2.35. The largest absolute Gasteiger partial charge is 0.341 e. The van der Waals surface area contributed by atoms with Gasteiger partial charge in [0.1, 0.15) is 4.88 Å². The molecular weight excluding hydrogens is 388 g/mol. The Morgan fingerprint density at radius 1 is 1.17 bits per heavy atom. The second-order valence-corrected chi connectivity index (χ2v) is 7.58. The molecule has 24 heavy (non-hydrogen) atoms. The van der Waals surface area contributed by atoms with Crippen LogP contribution in [0.5, 0.6) is 0 Å². The number of amides is 1. The van der Waals surface area contributed by atoms with Crippen molar-refractivity contribution in [1.29, 1.82) is 0 Å². The van der Waals surface area contributed by atoms with Crippen LogP contribution in [0, 0.1) is 0 Å². The Morgan fingerprint density at radius 3 is 2.83 bits per heavy atom. The molecule has 124 valence electrons. The fourth-order valence-electron chi connectivity index (χ4n) is 3.01. The predicted molar refractivity (Wildman–Crippen MR) is 101 cm³/mol. The summed E-state index contributed by atoms with van der Waals surface area (Å²) in [5.41, 5.74) is 2.03. The zero-order chi connectivity index (χ0) is 16.5. The number of imidazole rings is 1. The van der Waals surface area contributed by atoms with Gasteiger partial charge in [0.15, 0.2) is 0 Å². The molecule has 0 spiro atoms. The van der Waals surface area contributed by atoms with Gasteiger partial charge in [-0.3, -0.25) is 4.79 Å². The number of nitrogens with one attached hydrogen (secondary N) is 1. The summed E-state index contributed by atoms with van der Waals surface area (Å²) < 4.78 is 0.885. The van der Waals surface area contributed by atoms with Crippen LogP contribution >= 0.6 is 27.3 Å². The van der Waals surface area contributed by atoms with Crippen molar-refractivity contribution in [1.82, 2.24) is 14.9 Å². The van der Waals surface area contributed by atoms with E-state index >= 15 is 0 Å².